The molecule has 1 aliphatic heterocycles. The highest BCUT2D eigenvalue weighted by Gasteiger charge is 2.19. The van der Waals surface area contributed by atoms with E-state index in [-0.39, 0.29) is 12.5 Å². The summed E-state index contributed by atoms with van der Waals surface area (Å²) in [4.78, 5) is 18.0. The Hall–Kier alpha value is -1.73. The van der Waals surface area contributed by atoms with Crippen LogP contribution >= 0.6 is 11.3 Å². The summed E-state index contributed by atoms with van der Waals surface area (Å²) in [6.07, 6.45) is 4.90. The number of rotatable bonds is 6. The minimum Gasteiger partial charge on any atom is -0.354 e. The molecule has 1 aliphatic rings. The Morgan fingerprint density at radius 3 is 3.08 bits per heavy atom. The molecule has 6 nitrogen and oxygen atoms in total. The van der Waals surface area contributed by atoms with Crippen LogP contribution in [-0.2, 0) is 17.8 Å². The Bertz CT molecular complexity index is 667. The number of hydrogen-bond donors (Lipinski definition) is 2. The molecule has 0 radical (unpaired) electrons. The Balaban J connectivity index is 1.49. The quantitative estimate of drug-likeness (QED) is 0.836. The highest BCUT2D eigenvalue weighted by molar-refractivity contribution is 7.11. The van der Waals surface area contributed by atoms with Crippen LogP contribution in [-0.4, -0.2) is 40.3 Å². The number of amides is 1. The van der Waals surface area contributed by atoms with E-state index < -0.39 is 0 Å². The Morgan fingerprint density at radius 1 is 1.50 bits per heavy atom. The Morgan fingerprint density at radius 2 is 2.38 bits per heavy atom. The number of carbonyl (C=O) groups excluding carboxylic acids is 1. The molecular formula is C17H25N5OS. The third kappa shape index (κ3) is 4.21. The van der Waals surface area contributed by atoms with Gasteiger partial charge in [-0.25, -0.2) is 4.98 Å². The first kappa shape index (κ1) is 17.1. The number of aryl methyl sites for hydroxylation is 2. The third-order valence-electron chi connectivity index (χ3n) is 4.49. The molecule has 0 bridgehead atoms. The summed E-state index contributed by atoms with van der Waals surface area (Å²) in [5, 5.41) is 11.8. The number of carbonyl (C=O) groups is 1. The highest BCUT2D eigenvalue weighted by atomic mass is 32.1. The topological polar surface area (TPSA) is 71.8 Å². The van der Waals surface area contributed by atoms with Crippen LogP contribution < -0.4 is 10.6 Å². The fourth-order valence-corrected chi connectivity index (χ4v) is 4.01. The summed E-state index contributed by atoms with van der Waals surface area (Å²) >= 11 is 1.71. The predicted molar refractivity (Wildman–Crippen MR) is 95.4 cm³/mol. The zero-order chi connectivity index (χ0) is 16.9. The lowest BCUT2D eigenvalue weighted by atomic mass is 9.96. The minimum absolute atomic E-state index is 0.00807. The van der Waals surface area contributed by atoms with E-state index in [0.717, 1.165) is 42.3 Å². The molecule has 2 N–H and O–H groups in total. The number of aromatic nitrogens is 3. The van der Waals surface area contributed by atoms with Crippen LogP contribution in [0.3, 0.4) is 0 Å². The van der Waals surface area contributed by atoms with E-state index in [4.69, 9.17) is 0 Å². The van der Waals surface area contributed by atoms with E-state index in [9.17, 15) is 4.79 Å². The molecule has 130 valence electrons. The van der Waals surface area contributed by atoms with E-state index in [0.29, 0.717) is 12.5 Å². The van der Waals surface area contributed by atoms with E-state index in [2.05, 4.69) is 27.6 Å². The van der Waals surface area contributed by atoms with Gasteiger partial charge in [-0.05, 0) is 39.3 Å². The number of thiazole rings is 1. The van der Waals surface area contributed by atoms with Crippen LogP contribution in [0.1, 0.15) is 40.0 Å². The zero-order valence-electron chi connectivity index (χ0n) is 14.3. The number of piperidine rings is 1. The van der Waals surface area contributed by atoms with Crippen molar-refractivity contribution >= 4 is 17.2 Å². The summed E-state index contributed by atoms with van der Waals surface area (Å²) in [7, 11) is 0. The summed E-state index contributed by atoms with van der Waals surface area (Å²) < 4.78 is 1.84. The minimum atomic E-state index is 0.00807. The van der Waals surface area contributed by atoms with Gasteiger partial charge < -0.3 is 10.6 Å². The lowest BCUT2D eigenvalue weighted by molar-refractivity contribution is -0.121. The largest absolute Gasteiger partial charge is 0.354 e. The van der Waals surface area contributed by atoms with Crippen molar-refractivity contribution in [3.05, 3.63) is 33.5 Å². The maximum absolute atomic E-state index is 12.2. The second-order valence-corrected chi connectivity index (χ2v) is 7.59. The second kappa shape index (κ2) is 7.90. The van der Waals surface area contributed by atoms with Crippen molar-refractivity contribution in [2.45, 2.75) is 45.6 Å². The van der Waals surface area contributed by atoms with Gasteiger partial charge in [-0.15, -0.1) is 11.3 Å². The van der Waals surface area contributed by atoms with Crippen LogP contribution in [0.5, 0.6) is 0 Å². The van der Waals surface area contributed by atoms with Crippen molar-refractivity contribution in [2.75, 3.05) is 19.6 Å². The molecule has 0 aliphatic carbocycles. The first-order valence-corrected chi connectivity index (χ1v) is 9.37. The monoisotopic (exact) mass is 347 g/mol. The van der Waals surface area contributed by atoms with Crippen molar-refractivity contribution in [3.63, 3.8) is 0 Å². The smallest absolute Gasteiger partial charge is 0.241 e. The molecule has 3 rings (SSSR count). The SMILES string of the molecule is Cc1nc(CCNC(=O)Cn2nccc2[C@H]2CCCNC2)sc1C. The third-order valence-corrected chi connectivity index (χ3v) is 5.62. The van der Waals surface area contributed by atoms with Crippen molar-refractivity contribution in [2.24, 2.45) is 0 Å². The van der Waals surface area contributed by atoms with Crippen LogP contribution in [0.4, 0.5) is 0 Å². The molecule has 24 heavy (non-hydrogen) atoms. The van der Waals surface area contributed by atoms with Crippen LogP contribution in [0.2, 0.25) is 0 Å². The average molecular weight is 347 g/mol. The summed E-state index contributed by atoms with van der Waals surface area (Å²) in [6, 6.07) is 2.03. The molecule has 0 saturated carbocycles. The van der Waals surface area contributed by atoms with Crippen molar-refractivity contribution < 1.29 is 4.79 Å². The summed E-state index contributed by atoms with van der Waals surface area (Å²) in [5.41, 5.74) is 2.24. The first-order chi connectivity index (χ1) is 11.6. The van der Waals surface area contributed by atoms with Gasteiger partial charge in [0, 0.05) is 42.2 Å². The summed E-state index contributed by atoms with van der Waals surface area (Å²) in [5.74, 6) is 0.462. The van der Waals surface area contributed by atoms with Crippen molar-refractivity contribution in [3.8, 4) is 0 Å². The molecule has 0 unspecified atom stereocenters. The first-order valence-electron chi connectivity index (χ1n) is 8.55. The fourth-order valence-electron chi connectivity index (χ4n) is 3.07. The van der Waals surface area contributed by atoms with Gasteiger partial charge >= 0.3 is 0 Å². The van der Waals surface area contributed by atoms with Crippen LogP contribution in [0.25, 0.3) is 0 Å². The number of hydrogen-bond acceptors (Lipinski definition) is 5. The summed E-state index contributed by atoms with van der Waals surface area (Å²) in [6.45, 7) is 7.06. The molecule has 2 aromatic heterocycles. The Labute approximate surface area is 146 Å². The van der Waals surface area contributed by atoms with Crippen LogP contribution in [0.15, 0.2) is 12.3 Å². The molecule has 7 heteroatoms. The molecule has 3 heterocycles. The standard InChI is InChI=1S/C17H25N5OS/c1-12-13(2)24-17(21-12)6-8-19-16(23)11-22-15(5-9-20-22)14-4-3-7-18-10-14/h5,9,14,18H,3-4,6-8,10-11H2,1-2H3,(H,19,23)/t14-/m0/s1. The van der Waals surface area contributed by atoms with Gasteiger partial charge in [-0.2, -0.15) is 5.10 Å². The second-order valence-electron chi connectivity index (χ2n) is 6.31. The van der Waals surface area contributed by atoms with Gasteiger partial charge in [0.25, 0.3) is 0 Å². The molecule has 1 amide bonds. The zero-order valence-corrected chi connectivity index (χ0v) is 15.2. The average Bonchev–Trinajstić information content (AvgIpc) is 3.15. The van der Waals surface area contributed by atoms with E-state index in [1.807, 2.05) is 17.7 Å². The molecule has 1 atom stereocenters. The number of nitrogens with zero attached hydrogens (tertiary/aromatic N) is 3. The van der Waals surface area contributed by atoms with E-state index in [1.165, 1.54) is 11.3 Å². The van der Waals surface area contributed by atoms with Crippen LogP contribution in [0, 0.1) is 13.8 Å². The highest BCUT2D eigenvalue weighted by Crippen LogP contribution is 2.22. The van der Waals surface area contributed by atoms with Gasteiger partial charge in [0.1, 0.15) is 6.54 Å². The molecule has 2 aromatic rings. The van der Waals surface area contributed by atoms with Crippen molar-refractivity contribution in [1.82, 2.24) is 25.4 Å². The van der Waals surface area contributed by atoms with Gasteiger partial charge in [0.2, 0.25) is 5.91 Å². The fraction of sp³-hybridized carbons (Fsp3) is 0.588. The van der Waals surface area contributed by atoms with Gasteiger partial charge in [0.05, 0.1) is 10.7 Å². The molecular weight excluding hydrogens is 322 g/mol. The lowest BCUT2D eigenvalue weighted by Gasteiger charge is -2.23. The van der Waals surface area contributed by atoms with E-state index >= 15 is 0 Å². The molecule has 1 fully saturated rings. The predicted octanol–water partition coefficient (Wildman–Crippen LogP) is 1.78. The maximum Gasteiger partial charge on any atom is 0.241 e. The van der Waals surface area contributed by atoms with Gasteiger partial charge in [-0.3, -0.25) is 9.48 Å². The van der Waals surface area contributed by atoms with Gasteiger partial charge in [0.15, 0.2) is 0 Å². The molecule has 0 aromatic carbocycles. The molecule has 1 saturated heterocycles. The van der Waals surface area contributed by atoms with Crippen molar-refractivity contribution in [1.29, 1.82) is 0 Å². The lowest BCUT2D eigenvalue weighted by Crippen LogP contribution is -2.33. The van der Waals surface area contributed by atoms with E-state index in [1.54, 1.807) is 17.5 Å². The Kier molecular flexibility index (Phi) is 5.63. The van der Waals surface area contributed by atoms with Gasteiger partial charge in [-0.1, -0.05) is 0 Å². The molecule has 0 spiro atoms. The normalized spacial score (nSPS) is 17.8. The number of nitrogens with one attached hydrogen (secondary N) is 2. The maximum atomic E-state index is 12.2.